The van der Waals surface area contributed by atoms with E-state index in [2.05, 4.69) is 10.6 Å². The minimum Gasteiger partial charge on any atom is -0.258 e. The maximum absolute atomic E-state index is 11.8. The lowest BCUT2D eigenvalue weighted by Crippen LogP contribution is -2.25. The number of hydrogen-bond acceptors (Lipinski definition) is 4. The van der Waals surface area contributed by atoms with Crippen LogP contribution < -0.4 is 4.72 Å². The van der Waals surface area contributed by atoms with Crippen molar-refractivity contribution in [3.8, 4) is 12.3 Å². The second-order valence-electron chi connectivity index (χ2n) is 3.22. The monoisotopic (exact) mass is 288 g/mol. The molecule has 8 heteroatoms. The number of benzene rings is 1. The van der Waals surface area contributed by atoms with E-state index < -0.39 is 25.5 Å². The van der Waals surface area contributed by atoms with Gasteiger partial charge in [-0.15, -0.1) is 12.3 Å². The van der Waals surface area contributed by atoms with E-state index in [0.29, 0.717) is 0 Å². The van der Waals surface area contributed by atoms with Crippen molar-refractivity contribution in [3.05, 3.63) is 33.3 Å². The van der Waals surface area contributed by atoms with Crippen LogP contribution in [0.2, 0.25) is 5.02 Å². The number of halogens is 1. The zero-order valence-electron chi connectivity index (χ0n) is 9.09. The third kappa shape index (κ3) is 3.43. The van der Waals surface area contributed by atoms with Gasteiger partial charge in [0.1, 0.15) is 0 Å². The van der Waals surface area contributed by atoms with Gasteiger partial charge in [0.2, 0.25) is 10.0 Å². The first kappa shape index (κ1) is 14.4. The number of nitro benzene ring substituents is 1. The summed E-state index contributed by atoms with van der Waals surface area (Å²) >= 11 is 5.59. The molecule has 0 saturated heterocycles. The molecule has 0 unspecified atom stereocenters. The van der Waals surface area contributed by atoms with Crippen molar-refractivity contribution < 1.29 is 13.3 Å². The predicted molar refractivity (Wildman–Crippen MR) is 66.7 cm³/mol. The Kier molecular flexibility index (Phi) is 4.67. The van der Waals surface area contributed by atoms with Gasteiger partial charge in [0, 0.05) is 24.1 Å². The molecule has 0 bridgehead atoms. The van der Waals surface area contributed by atoms with Crippen LogP contribution in [0.25, 0.3) is 0 Å². The Balaban J connectivity index is 3.16. The molecule has 1 N–H and O–H groups in total. The molecular weight excluding hydrogens is 280 g/mol. The Hall–Kier alpha value is -1.62. The van der Waals surface area contributed by atoms with Gasteiger partial charge in [0.15, 0.2) is 4.90 Å². The molecule has 1 aromatic rings. The molecule has 6 nitrogen and oxygen atoms in total. The SMILES string of the molecule is C#CCCNS(=O)(=O)c1ccc(Cl)cc1[N+](=O)[O-]. The number of rotatable bonds is 5. The van der Waals surface area contributed by atoms with Crippen molar-refractivity contribution in [2.45, 2.75) is 11.3 Å². The van der Waals surface area contributed by atoms with Crippen LogP contribution in [0.1, 0.15) is 6.42 Å². The summed E-state index contributed by atoms with van der Waals surface area (Å²) in [4.78, 5) is 9.53. The number of hydrogen-bond donors (Lipinski definition) is 1. The first-order valence-electron chi connectivity index (χ1n) is 4.75. The van der Waals surface area contributed by atoms with E-state index >= 15 is 0 Å². The highest BCUT2D eigenvalue weighted by Crippen LogP contribution is 2.26. The topological polar surface area (TPSA) is 89.3 Å². The summed E-state index contributed by atoms with van der Waals surface area (Å²) in [5, 5.41) is 10.9. The summed E-state index contributed by atoms with van der Waals surface area (Å²) in [7, 11) is -3.97. The highest BCUT2D eigenvalue weighted by Gasteiger charge is 2.25. The molecule has 96 valence electrons. The summed E-state index contributed by atoms with van der Waals surface area (Å²) in [5.41, 5.74) is -0.573. The fourth-order valence-corrected chi connectivity index (χ4v) is 2.54. The number of terminal acetylenes is 1. The molecule has 0 saturated carbocycles. The maximum atomic E-state index is 11.8. The number of sulfonamides is 1. The Morgan fingerprint density at radius 3 is 2.72 bits per heavy atom. The lowest BCUT2D eigenvalue weighted by molar-refractivity contribution is -0.387. The Bertz CT molecular complexity index is 607. The first-order chi connectivity index (χ1) is 8.38. The third-order valence-corrected chi connectivity index (χ3v) is 3.71. The van der Waals surface area contributed by atoms with Crippen LogP contribution >= 0.6 is 11.6 Å². The van der Waals surface area contributed by atoms with Crippen LogP contribution in [-0.2, 0) is 10.0 Å². The molecule has 1 rings (SSSR count). The molecule has 0 aliphatic rings. The quantitative estimate of drug-likeness (QED) is 0.385. The summed E-state index contributed by atoms with van der Waals surface area (Å²) in [6.07, 6.45) is 5.18. The van der Waals surface area contributed by atoms with Crippen LogP contribution in [-0.4, -0.2) is 19.9 Å². The molecular formula is C10H9ClN2O4S. The highest BCUT2D eigenvalue weighted by atomic mass is 35.5. The molecule has 0 aliphatic heterocycles. The van der Waals surface area contributed by atoms with E-state index in [-0.39, 0.29) is 18.0 Å². The fourth-order valence-electron chi connectivity index (χ4n) is 1.20. The van der Waals surface area contributed by atoms with E-state index in [1.54, 1.807) is 0 Å². The molecule has 0 heterocycles. The number of nitrogens with zero attached hydrogens (tertiary/aromatic N) is 1. The Morgan fingerprint density at radius 2 is 2.17 bits per heavy atom. The zero-order valence-corrected chi connectivity index (χ0v) is 10.7. The molecule has 18 heavy (non-hydrogen) atoms. The molecule has 0 spiro atoms. The molecule has 1 aromatic carbocycles. The normalized spacial score (nSPS) is 10.9. The summed E-state index contributed by atoms with van der Waals surface area (Å²) in [6.45, 7) is 0.0125. The van der Waals surface area contributed by atoms with Gasteiger partial charge in [-0.05, 0) is 12.1 Å². The van der Waals surface area contributed by atoms with Gasteiger partial charge in [-0.2, -0.15) is 0 Å². The molecule has 0 aromatic heterocycles. The Morgan fingerprint density at radius 1 is 1.50 bits per heavy atom. The van der Waals surface area contributed by atoms with Gasteiger partial charge in [-0.25, -0.2) is 13.1 Å². The molecule has 0 fully saturated rings. The van der Waals surface area contributed by atoms with Gasteiger partial charge < -0.3 is 0 Å². The fraction of sp³-hybridized carbons (Fsp3) is 0.200. The lowest BCUT2D eigenvalue weighted by atomic mass is 10.3. The van der Waals surface area contributed by atoms with E-state index in [9.17, 15) is 18.5 Å². The van der Waals surface area contributed by atoms with Gasteiger partial charge in [-0.1, -0.05) is 11.6 Å². The standard InChI is InChI=1S/C10H9ClN2O4S/c1-2-3-6-12-18(16,17)10-5-4-8(11)7-9(10)13(14)15/h1,4-5,7,12H,3,6H2. The predicted octanol–water partition coefficient (Wildman–Crippen LogP) is 1.55. The summed E-state index contributed by atoms with van der Waals surface area (Å²) in [6, 6.07) is 3.33. The lowest BCUT2D eigenvalue weighted by Gasteiger charge is -2.06. The van der Waals surface area contributed by atoms with Gasteiger partial charge >= 0.3 is 0 Å². The average Bonchev–Trinajstić information content (AvgIpc) is 2.28. The maximum Gasteiger partial charge on any atom is 0.290 e. The second-order valence-corrected chi connectivity index (χ2v) is 5.39. The van der Waals surface area contributed by atoms with E-state index in [4.69, 9.17) is 18.0 Å². The van der Waals surface area contributed by atoms with Crippen LogP contribution in [0, 0.1) is 22.5 Å². The molecule has 0 aliphatic carbocycles. The average molecular weight is 289 g/mol. The number of nitro groups is 1. The number of nitrogens with one attached hydrogen (secondary N) is 1. The van der Waals surface area contributed by atoms with Crippen LogP contribution in [0.5, 0.6) is 0 Å². The van der Waals surface area contributed by atoms with Crippen molar-refractivity contribution in [1.82, 2.24) is 4.72 Å². The second kappa shape index (κ2) is 5.82. The summed E-state index contributed by atoms with van der Waals surface area (Å²) in [5.74, 6) is 2.26. The van der Waals surface area contributed by atoms with Gasteiger partial charge in [0.05, 0.1) is 4.92 Å². The van der Waals surface area contributed by atoms with E-state index in [0.717, 1.165) is 12.1 Å². The van der Waals surface area contributed by atoms with Crippen molar-refractivity contribution in [3.63, 3.8) is 0 Å². The third-order valence-electron chi connectivity index (χ3n) is 1.97. The van der Waals surface area contributed by atoms with E-state index in [1.807, 2.05) is 0 Å². The minimum atomic E-state index is -3.97. The van der Waals surface area contributed by atoms with Crippen LogP contribution in [0.15, 0.2) is 23.1 Å². The summed E-state index contributed by atoms with van der Waals surface area (Å²) < 4.78 is 25.8. The molecule has 0 atom stereocenters. The van der Waals surface area contributed by atoms with Crippen LogP contribution in [0.3, 0.4) is 0 Å². The van der Waals surface area contributed by atoms with Crippen molar-refractivity contribution >= 4 is 27.3 Å². The Labute approximate surface area is 109 Å². The zero-order chi connectivity index (χ0) is 13.8. The van der Waals surface area contributed by atoms with Crippen LogP contribution in [0.4, 0.5) is 5.69 Å². The smallest absolute Gasteiger partial charge is 0.258 e. The minimum absolute atomic E-state index is 0.0125. The van der Waals surface area contributed by atoms with E-state index in [1.165, 1.54) is 6.07 Å². The van der Waals surface area contributed by atoms with Gasteiger partial charge in [0.25, 0.3) is 5.69 Å². The molecule has 0 amide bonds. The van der Waals surface area contributed by atoms with Crippen molar-refractivity contribution in [2.75, 3.05) is 6.54 Å². The highest BCUT2D eigenvalue weighted by molar-refractivity contribution is 7.89. The van der Waals surface area contributed by atoms with Crippen molar-refractivity contribution in [1.29, 1.82) is 0 Å². The van der Waals surface area contributed by atoms with Crippen molar-refractivity contribution in [2.24, 2.45) is 0 Å². The first-order valence-corrected chi connectivity index (χ1v) is 6.61. The molecule has 0 radical (unpaired) electrons. The largest absolute Gasteiger partial charge is 0.290 e. The van der Waals surface area contributed by atoms with Gasteiger partial charge in [-0.3, -0.25) is 10.1 Å².